The van der Waals surface area contributed by atoms with Gasteiger partial charge in [0.25, 0.3) is 5.91 Å². The Morgan fingerprint density at radius 2 is 2.26 bits per heavy atom. The fourth-order valence-corrected chi connectivity index (χ4v) is 2.46. The molecule has 3 rings (SSSR count). The van der Waals surface area contributed by atoms with Gasteiger partial charge in [-0.2, -0.15) is 5.10 Å². The molecule has 1 amide bonds. The highest BCUT2D eigenvalue weighted by Crippen LogP contribution is 2.22. The number of H-pyrrole nitrogens is 1. The third-order valence-electron chi connectivity index (χ3n) is 3.53. The average molecular weight is 259 g/mol. The van der Waals surface area contributed by atoms with Gasteiger partial charge < -0.3 is 10.0 Å². The topological polar surface area (TPSA) is 86.3 Å². The first-order valence-corrected chi connectivity index (χ1v) is 6.11. The largest absolute Gasteiger partial charge is 0.481 e. The number of nitrogens with one attached hydrogen (secondary N) is 1. The number of likely N-dealkylation sites (tertiary alicyclic amines) is 1. The number of hydrogen-bond acceptors (Lipinski definition) is 3. The number of rotatable bonds is 2. The van der Waals surface area contributed by atoms with E-state index in [0.29, 0.717) is 24.0 Å². The maximum Gasteiger partial charge on any atom is 0.308 e. The molecule has 0 radical (unpaired) electrons. The molecule has 1 aromatic carbocycles. The van der Waals surface area contributed by atoms with Gasteiger partial charge in [-0.1, -0.05) is 12.1 Å². The van der Waals surface area contributed by atoms with Gasteiger partial charge in [-0.25, -0.2) is 0 Å². The fraction of sp³-hybridized carbons (Fsp3) is 0.308. The number of fused-ring (bicyclic) bond motifs is 1. The number of benzene rings is 1. The molecule has 1 aliphatic rings. The first kappa shape index (κ1) is 11.7. The molecule has 1 atom stereocenters. The fourth-order valence-electron chi connectivity index (χ4n) is 2.46. The van der Waals surface area contributed by atoms with Crippen molar-refractivity contribution >= 4 is 22.8 Å². The summed E-state index contributed by atoms with van der Waals surface area (Å²) in [5, 5.41) is 16.6. The Balaban J connectivity index is 1.89. The van der Waals surface area contributed by atoms with Gasteiger partial charge in [-0.15, -0.1) is 0 Å². The summed E-state index contributed by atoms with van der Waals surface area (Å²) in [5.74, 6) is -1.43. The van der Waals surface area contributed by atoms with Crippen LogP contribution in [-0.2, 0) is 4.79 Å². The molecular formula is C13H13N3O3. The summed E-state index contributed by atoms with van der Waals surface area (Å²) >= 11 is 0. The van der Waals surface area contributed by atoms with Crippen LogP contribution < -0.4 is 0 Å². The van der Waals surface area contributed by atoms with E-state index in [4.69, 9.17) is 5.11 Å². The van der Waals surface area contributed by atoms with Crippen molar-refractivity contribution in [1.82, 2.24) is 15.1 Å². The lowest BCUT2D eigenvalue weighted by molar-refractivity contribution is -0.141. The summed E-state index contributed by atoms with van der Waals surface area (Å²) in [6.07, 6.45) is 2.18. The van der Waals surface area contributed by atoms with Crippen LogP contribution in [0, 0.1) is 5.92 Å². The number of carbonyl (C=O) groups is 2. The van der Waals surface area contributed by atoms with Gasteiger partial charge >= 0.3 is 5.97 Å². The Morgan fingerprint density at radius 1 is 1.42 bits per heavy atom. The number of aromatic nitrogens is 2. The number of hydrogen-bond donors (Lipinski definition) is 2. The molecule has 19 heavy (non-hydrogen) atoms. The van der Waals surface area contributed by atoms with Crippen LogP contribution in [0.25, 0.3) is 10.9 Å². The molecule has 0 bridgehead atoms. The second-order valence-corrected chi connectivity index (χ2v) is 4.71. The first-order chi connectivity index (χ1) is 9.16. The first-order valence-electron chi connectivity index (χ1n) is 6.11. The van der Waals surface area contributed by atoms with Crippen LogP contribution >= 0.6 is 0 Å². The third kappa shape index (κ3) is 1.95. The Hall–Kier alpha value is -2.37. The monoisotopic (exact) mass is 259 g/mol. The number of para-hydroxylation sites is 1. The van der Waals surface area contributed by atoms with Crippen LogP contribution in [0.5, 0.6) is 0 Å². The van der Waals surface area contributed by atoms with Crippen molar-refractivity contribution in [3.8, 4) is 0 Å². The van der Waals surface area contributed by atoms with Crippen molar-refractivity contribution in [1.29, 1.82) is 0 Å². The van der Waals surface area contributed by atoms with Gasteiger partial charge in [0.15, 0.2) is 0 Å². The number of carboxylic acids is 1. The van der Waals surface area contributed by atoms with Gasteiger partial charge in [-0.3, -0.25) is 14.7 Å². The van der Waals surface area contributed by atoms with E-state index in [1.54, 1.807) is 23.2 Å². The number of aromatic amines is 1. The highest BCUT2D eigenvalue weighted by atomic mass is 16.4. The van der Waals surface area contributed by atoms with E-state index in [1.807, 2.05) is 6.07 Å². The highest BCUT2D eigenvalue weighted by Gasteiger charge is 2.31. The summed E-state index contributed by atoms with van der Waals surface area (Å²) < 4.78 is 0. The van der Waals surface area contributed by atoms with Gasteiger partial charge in [0, 0.05) is 18.5 Å². The number of nitrogens with zero attached hydrogens (tertiary/aromatic N) is 2. The predicted molar refractivity (Wildman–Crippen MR) is 67.7 cm³/mol. The van der Waals surface area contributed by atoms with E-state index < -0.39 is 11.9 Å². The van der Waals surface area contributed by atoms with Crippen LogP contribution in [0.1, 0.15) is 16.8 Å². The zero-order valence-corrected chi connectivity index (χ0v) is 10.2. The number of aliphatic carboxylic acids is 1. The van der Waals surface area contributed by atoms with Crippen molar-refractivity contribution in [2.24, 2.45) is 5.92 Å². The molecule has 1 aliphatic heterocycles. The molecule has 1 fully saturated rings. The normalized spacial score (nSPS) is 18.9. The van der Waals surface area contributed by atoms with Crippen molar-refractivity contribution < 1.29 is 14.7 Å². The molecular weight excluding hydrogens is 246 g/mol. The average Bonchev–Trinajstić information content (AvgIpc) is 3.06. The van der Waals surface area contributed by atoms with Crippen molar-refractivity contribution in [2.75, 3.05) is 13.1 Å². The Labute approximate surface area is 109 Å². The quantitative estimate of drug-likeness (QED) is 0.845. The van der Waals surface area contributed by atoms with Crippen molar-refractivity contribution in [2.45, 2.75) is 6.42 Å². The molecule has 0 unspecified atom stereocenters. The van der Waals surface area contributed by atoms with Crippen LogP contribution in [0.2, 0.25) is 0 Å². The molecule has 1 saturated heterocycles. The minimum Gasteiger partial charge on any atom is -0.481 e. The summed E-state index contributed by atoms with van der Waals surface area (Å²) in [6, 6.07) is 5.41. The summed E-state index contributed by atoms with van der Waals surface area (Å²) in [4.78, 5) is 24.9. The Morgan fingerprint density at radius 3 is 3.00 bits per heavy atom. The minimum atomic E-state index is -0.838. The predicted octanol–water partition coefficient (Wildman–Crippen LogP) is 1.11. The highest BCUT2D eigenvalue weighted by molar-refractivity contribution is 6.05. The minimum absolute atomic E-state index is 0.140. The van der Waals surface area contributed by atoms with Crippen LogP contribution in [-0.4, -0.2) is 45.2 Å². The van der Waals surface area contributed by atoms with Crippen LogP contribution in [0.15, 0.2) is 24.4 Å². The number of carbonyl (C=O) groups excluding carboxylic acids is 1. The number of amides is 1. The molecule has 1 aromatic heterocycles. The summed E-state index contributed by atoms with van der Waals surface area (Å²) in [7, 11) is 0. The van der Waals surface area contributed by atoms with Crippen LogP contribution in [0.3, 0.4) is 0 Å². The van der Waals surface area contributed by atoms with E-state index in [9.17, 15) is 9.59 Å². The van der Waals surface area contributed by atoms with E-state index in [1.165, 1.54) is 0 Å². The second kappa shape index (κ2) is 4.38. The van der Waals surface area contributed by atoms with Gasteiger partial charge in [0.1, 0.15) is 0 Å². The van der Waals surface area contributed by atoms with E-state index in [2.05, 4.69) is 10.2 Å². The molecule has 98 valence electrons. The third-order valence-corrected chi connectivity index (χ3v) is 3.53. The molecule has 6 nitrogen and oxygen atoms in total. The summed E-state index contributed by atoms with van der Waals surface area (Å²) in [5.41, 5.74) is 1.24. The molecule has 2 N–H and O–H groups in total. The van der Waals surface area contributed by atoms with E-state index >= 15 is 0 Å². The van der Waals surface area contributed by atoms with E-state index in [-0.39, 0.29) is 12.5 Å². The van der Waals surface area contributed by atoms with Gasteiger partial charge in [0.05, 0.1) is 23.2 Å². The van der Waals surface area contributed by atoms with Gasteiger partial charge in [0.2, 0.25) is 0 Å². The van der Waals surface area contributed by atoms with Crippen molar-refractivity contribution in [3.05, 3.63) is 30.0 Å². The Bertz CT molecular complexity index is 649. The smallest absolute Gasteiger partial charge is 0.308 e. The maximum absolute atomic E-state index is 12.4. The molecule has 6 heteroatoms. The van der Waals surface area contributed by atoms with Crippen LogP contribution in [0.4, 0.5) is 0 Å². The standard InChI is InChI=1S/C13H13N3O3/c17-12(16-5-4-9(7-16)13(18)19)10-3-1-2-8-6-14-15-11(8)10/h1-3,6,9H,4-5,7H2,(H,14,15)(H,18,19)/t9-/m0/s1. The van der Waals surface area contributed by atoms with Gasteiger partial charge in [-0.05, 0) is 12.5 Å². The second-order valence-electron chi connectivity index (χ2n) is 4.71. The lowest BCUT2D eigenvalue weighted by Gasteiger charge is -2.16. The summed E-state index contributed by atoms with van der Waals surface area (Å²) in [6.45, 7) is 0.763. The number of carboxylic acid groups (broad SMARTS) is 1. The zero-order chi connectivity index (χ0) is 13.4. The van der Waals surface area contributed by atoms with Crippen molar-refractivity contribution in [3.63, 3.8) is 0 Å². The molecule has 0 aliphatic carbocycles. The molecule has 2 aromatic rings. The Kier molecular flexibility index (Phi) is 2.70. The molecule has 0 spiro atoms. The SMILES string of the molecule is O=C(O)[C@H]1CCN(C(=O)c2cccc3cn[nH]c23)C1. The zero-order valence-electron chi connectivity index (χ0n) is 10.2. The lowest BCUT2D eigenvalue weighted by Crippen LogP contribution is -2.30. The lowest BCUT2D eigenvalue weighted by atomic mass is 10.1. The van der Waals surface area contributed by atoms with E-state index in [0.717, 1.165) is 5.39 Å². The maximum atomic E-state index is 12.4. The molecule has 0 saturated carbocycles. The molecule has 2 heterocycles.